The largest absolute Gasteiger partial charge is 0.380 e. The van der Waals surface area contributed by atoms with Gasteiger partial charge >= 0.3 is 0 Å². The maximum Gasteiger partial charge on any atom is 0.120 e. The Morgan fingerprint density at radius 2 is 1.50 bits per heavy atom. The fraction of sp³-hybridized carbons (Fsp3) is 0.364. The third-order valence-electron chi connectivity index (χ3n) is 4.10. The average molecular weight is 322 g/mol. The molecule has 0 aromatic heterocycles. The normalized spacial score (nSPS) is 14.5. The van der Waals surface area contributed by atoms with Crippen LogP contribution in [-0.2, 0) is 11.3 Å². The molecule has 24 heavy (non-hydrogen) atoms. The van der Waals surface area contributed by atoms with E-state index < -0.39 is 6.10 Å². The minimum absolute atomic E-state index is 0.0507. The number of benzene rings is 2. The van der Waals surface area contributed by atoms with E-state index in [-0.39, 0.29) is 12.0 Å². The fourth-order valence-electron chi connectivity index (χ4n) is 2.71. The highest BCUT2D eigenvalue weighted by atomic mass is 16.5. The Morgan fingerprint density at radius 1 is 0.917 bits per heavy atom. The van der Waals surface area contributed by atoms with Crippen LogP contribution in [0.25, 0.3) is 0 Å². The van der Waals surface area contributed by atoms with Crippen molar-refractivity contribution in [3.63, 3.8) is 0 Å². The van der Waals surface area contributed by atoms with Crippen molar-refractivity contribution in [1.82, 2.24) is 0 Å². The molecule has 2 nitrogen and oxygen atoms in total. The fourth-order valence-corrected chi connectivity index (χ4v) is 2.71. The Kier molecular flexibility index (Phi) is 7.06. The van der Waals surface area contributed by atoms with Crippen LogP contribution in [-0.4, -0.2) is 17.3 Å². The SMILES string of the molecule is CC(C)[C@H](OCc1ccccc1)[C@@H](C)[C@@H](O)C#Cc1ccccc1. The highest BCUT2D eigenvalue weighted by Gasteiger charge is 2.26. The first-order chi connectivity index (χ1) is 11.6. The van der Waals surface area contributed by atoms with Gasteiger partial charge in [-0.05, 0) is 23.6 Å². The minimum Gasteiger partial charge on any atom is -0.380 e. The Balaban J connectivity index is 2.00. The lowest BCUT2D eigenvalue weighted by atomic mass is 9.90. The zero-order valence-corrected chi connectivity index (χ0v) is 14.6. The lowest BCUT2D eigenvalue weighted by molar-refractivity contribution is -0.0492. The van der Waals surface area contributed by atoms with Gasteiger partial charge in [0.05, 0.1) is 12.7 Å². The van der Waals surface area contributed by atoms with Crippen molar-refractivity contribution in [2.24, 2.45) is 11.8 Å². The first-order valence-electron chi connectivity index (χ1n) is 8.48. The first-order valence-corrected chi connectivity index (χ1v) is 8.48. The molecule has 0 heterocycles. The van der Waals surface area contributed by atoms with Crippen molar-refractivity contribution >= 4 is 0 Å². The summed E-state index contributed by atoms with van der Waals surface area (Å²) in [5, 5.41) is 10.4. The van der Waals surface area contributed by atoms with Crippen LogP contribution in [0.5, 0.6) is 0 Å². The molecule has 2 heteroatoms. The van der Waals surface area contributed by atoms with Gasteiger partial charge in [0.2, 0.25) is 0 Å². The van der Waals surface area contributed by atoms with Crippen LogP contribution in [0.15, 0.2) is 60.7 Å². The van der Waals surface area contributed by atoms with Crippen LogP contribution in [0.4, 0.5) is 0 Å². The second-order valence-electron chi connectivity index (χ2n) is 6.44. The first kappa shape index (κ1) is 18.3. The molecule has 0 spiro atoms. The molecule has 0 unspecified atom stereocenters. The zero-order valence-electron chi connectivity index (χ0n) is 14.6. The van der Waals surface area contributed by atoms with Gasteiger partial charge in [-0.15, -0.1) is 0 Å². The topological polar surface area (TPSA) is 29.5 Å². The monoisotopic (exact) mass is 322 g/mol. The van der Waals surface area contributed by atoms with Gasteiger partial charge in [0, 0.05) is 11.5 Å². The minimum atomic E-state index is -0.714. The third kappa shape index (κ3) is 5.53. The van der Waals surface area contributed by atoms with Crippen LogP contribution in [0.2, 0.25) is 0 Å². The highest BCUT2D eigenvalue weighted by Crippen LogP contribution is 2.21. The lowest BCUT2D eigenvalue weighted by Crippen LogP contribution is -2.34. The summed E-state index contributed by atoms with van der Waals surface area (Å²) in [6.07, 6.45) is -0.765. The van der Waals surface area contributed by atoms with Crippen molar-refractivity contribution < 1.29 is 9.84 Å². The highest BCUT2D eigenvalue weighted by molar-refractivity contribution is 5.34. The van der Waals surface area contributed by atoms with Gasteiger partial charge in [0.15, 0.2) is 0 Å². The molecule has 2 aromatic rings. The molecule has 2 aromatic carbocycles. The summed E-state index contributed by atoms with van der Waals surface area (Å²) in [6.45, 7) is 6.78. The Bertz CT molecular complexity index is 653. The van der Waals surface area contributed by atoms with E-state index in [9.17, 15) is 5.11 Å². The number of aliphatic hydroxyl groups is 1. The zero-order chi connectivity index (χ0) is 17.4. The predicted molar refractivity (Wildman–Crippen MR) is 98.3 cm³/mol. The van der Waals surface area contributed by atoms with Crippen molar-refractivity contribution in [1.29, 1.82) is 0 Å². The summed E-state index contributed by atoms with van der Waals surface area (Å²) < 4.78 is 6.10. The molecule has 0 radical (unpaired) electrons. The molecule has 0 aliphatic rings. The molecular weight excluding hydrogens is 296 g/mol. The average Bonchev–Trinajstić information content (AvgIpc) is 2.61. The van der Waals surface area contributed by atoms with Gasteiger partial charge in [-0.1, -0.05) is 81.1 Å². The van der Waals surface area contributed by atoms with E-state index in [1.807, 2.05) is 67.6 Å². The Morgan fingerprint density at radius 3 is 2.08 bits per heavy atom. The van der Waals surface area contributed by atoms with E-state index >= 15 is 0 Å². The number of hydrogen-bond donors (Lipinski definition) is 1. The predicted octanol–water partition coefficient (Wildman–Crippen LogP) is 4.28. The molecule has 0 saturated carbocycles. The molecular formula is C22H26O2. The van der Waals surface area contributed by atoms with Crippen LogP contribution in [0, 0.1) is 23.7 Å². The van der Waals surface area contributed by atoms with E-state index in [1.165, 1.54) is 0 Å². The van der Waals surface area contributed by atoms with Gasteiger partial charge in [-0.3, -0.25) is 0 Å². The summed E-state index contributed by atoms with van der Waals surface area (Å²) in [4.78, 5) is 0. The Labute approximate surface area is 145 Å². The molecule has 0 amide bonds. The van der Waals surface area contributed by atoms with Gasteiger partial charge in [-0.2, -0.15) is 0 Å². The van der Waals surface area contributed by atoms with E-state index in [0.29, 0.717) is 12.5 Å². The summed E-state index contributed by atoms with van der Waals surface area (Å²) >= 11 is 0. The summed E-state index contributed by atoms with van der Waals surface area (Å²) in [6, 6.07) is 19.8. The molecule has 0 fully saturated rings. The van der Waals surface area contributed by atoms with Crippen LogP contribution >= 0.6 is 0 Å². The van der Waals surface area contributed by atoms with Gasteiger partial charge in [-0.25, -0.2) is 0 Å². The van der Waals surface area contributed by atoms with Gasteiger partial charge in [0.1, 0.15) is 6.10 Å². The summed E-state index contributed by atoms with van der Waals surface area (Å²) in [5.74, 6) is 6.23. The third-order valence-corrected chi connectivity index (χ3v) is 4.10. The molecule has 2 rings (SSSR count). The molecule has 3 atom stereocenters. The number of aliphatic hydroxyl groups excluding tert-OH is 1. The van der Waals surface area contributed by atoms with Crippen molar-refractivity contribution in [2.75, 3.05) is 0 Å². The number of ether oxygens (including phenoxy) is 1. The maximum atomic E-state index is 10.4. The van der Waals surface area contributed by atoms with E-state index in [4.69, 9.17) is 4.74 Å². The molecule has 0 saturated heterocycles. The maximum absolute atomic E-state index is 10.4. The van der Waals surface area contributed by atoms with Crippen molar-refractivity contribution in [3.8, 4) is 11.8 Å². The quantitative estimate of drug-likeness (QED) is 0.805. The van der Waals surface area contributed by atoms with Gasteiger partial charge in [0.25, 0.3) is 0 Å². The smallest absolute Gasteiger partial charge is 0.120 e. The van der Waals surface area contributed by atoms with E-state index in [0.717, 1.165) is 11.1 Å². The van der Waals surface area contributed by atoms with Crippen molar-refractivity contribution in [2.45, 2.75) is 39.6 Å². The van der Waals surface area contributed by atoms with E-state index in [1.54, 1.807) is 0 Å². The molecule has 0 aliphatic heterocycles. The molecule has 1 N–H and O–H groups in total. The lowest BCUT2D eigenvalue weighted by Gasteiger charge is -2.29. The molecule has 0 aliphatic carbocycles. The molecule has 126 valence electrons. The Hall–Kier alpha value is -2.08. The van der Waals surface area contributed by atoms with Crippen molar-refractivity contribution in [3.05, 3.63) is 71.8 Å². The second-order valence-corrected chi connectivity index (χ2v) is 6.44. The van der Waals surface area contributed by atoms with Crippen LogP contribution < -0.4 is 0 Å². The second kappa shape index (κ2) is 9.27. The van der Waals surface area contributed by atoms with Crippen LogP contribution in [0.1, 0.15) is 31.9 Å². The molecule has 0 bridgehead atoms. The summed E-state index contributed by atoms with van der Waals surface area (Å²) in [5.41, 5.74) is 2.05. The summed E-state index contributed by atoms with van der Waals surface area (Å²) in [7, 11) is 0. The standard InChI is InChI=1S/C22H26O2/c1-17(2)22(24-16-20-12-8-5-9-13-20)18(3)21(23)15-14-19-10-6-4-7-11-19/h4-13,17-18,21-23H,16H2,1-3H3/t18-,21-,22-/m0/s1. The number of hydrogen-bond acceptors (Lipinski definition) is 2. The number of rotatable bonds is 6. The van der Waals surface area contributed by atoms with Crippen LogP contribution in [0.3, 0.4) is 0 Å². The van der Waals surface area contributed by atoms with E-state index in [2.05, 4.69) is 25.7 Å². The van der Waals surface area contributed by atoms with Gasteiger partial charge < -0.3 is 9.84 Å².